The largest absolute Gasteiger partial charge is 0.464 e. The summed E-state index contributed by atoms with van der Waals surface area (Å²) in [6.07, 6.45) is 5.21. The fourth-order valence-corrected chi connectivity index (χ4v) is 3.98. The van der Waals surface area contributed by atoms with Gasteiger partial charge in [-0.05, 0) is 51.0 Å². The monoisotopic (exact) mass is 440 g/mol. The summed E-state index contributed by atoms with van der Waals surface area (Å²) >= 11 is 0. The number of hydrogen-bond acceptors (Lipinski definition) is 7. The van der Waals surface area contributed by atoms with Gasteiger partial charge >= 0.3 is 5.97 Å². The molecular formula is C23H28N4O5. The zero-order chi connectivity index (χ0) is 23.1. The Balaban J connectivity index is 1.83. The molecule has 1 heterocycles. The van der Waals surface area contributed by atoms with Crippen molar-refractivity contribution in [3.05, 3.63) is 64.0 Å². The minimum absolute atomic E-state index is 0.113. The number of nitro groups is 1. The molecule has 1 amide bonds. The highest BCUT2D eigenvalue weighted by Gasteiger charge is 2.42. The minimum atomic E-state index is -1.09. The highest BCUT2D eigenvalue weighted by atomic mass is 16.6. The lowest BCUT2D eigenvalue weighted by Crippen LogP contribution is -2.56. The molecule has 2 N–H and O–H groups in total. The molecule has 0 saturated heterocycles. The summed E-state index contributed by atoms with van der Waals surface area (Å²) in [5.41, 5.74) is -0.194. The van der Waals surface area contributed by atoms with Crippen LogP contribution in [0.5, 0.6) is 0 Å². The number of hydrogen-bond donors (Lipinski definition) is 2. The van der Waals surface area contributed by atoms with E-state index in [0.29, 0.717) is 12.8 Å². The number of amides is 1. The van der Waals surface area contributed by atoms with Crippen LogP contribution in [0.1, 0.15) is 68.0 Å². The number of anilines is 1. The molecule has 0 aliphatic heterocycles. The lowest BCUT2D eigenvalue weighted by Gasteiger charge is -2.35. The maximum atomic E-state index is 13.0. The molecule has 9 nitrogen and oxygen atoms in total. The van der Waals surface area contributed by atoms with Crippen molar-refractivity contribution in [2.24, 2.45) is 0 Å². The third-order valence-electron chi connectivity index (χ3n) is 5.69. The predicted molar refractivity (Wildman–Crippen MR) is 119 cm³/mol. The van der Waals surface area contributed by atoms with E-state index in [1.165, 1.54) is 18.2 Å². The number of ether oxygens (including phenoxy) is 1. The van der Waals surface area contributed by atoms with Crippen molar-refractivity contribution in [3.8, 4) is 0 Å². The van der Waals surface area contributed by atoms with Gasteiger partial charge in [-0.25, -0.2) is 4.79 Å². The molecule has 9 heteroatoms. The molecule has 1 fully saturated rings. The third-order valence-corrected chi connectivity index (χ3v) is 5.69. The molecule has 1 saturated carbocycles. The number of rotatable bonds is 8. The molecule has 1 aromatic heterocycles. The van der Waals surface area contributed by atoms with Gasteiger partial charge in [0.1, 0.15) is 11.2 Å². The average Bonchev–Trinajstić information content (AvgIpc) is 2.80. The molecule has 0 bridgehead atoms. The molecule has 0 spiro atoms. The number of aromatic nitrogens is 1. The second-order valence-corrected chi connectivity index (χ2v) is 7.93. The molecular weight excluding hydrogens is 412 g/mol. The maximum Gasteiger partial charge on any atom is 0.331 e. The van der Waals surface area contributed by atoms with E-state index in [4.69, 9.17) is 4.74 Å². The summed E-state index contributed by atoms with van der Waals surface area (Å²) in [5.74, 6) is -0.989. The Hall–Kier alpha value is -3.49. The zero-order valence-electron chi connectivity index (χ0n) is 18.3. The van der Waals surface area contributed by atoms with Crippen LogP contribution >= 0.6 is 0 Å². The Morgan fingerprint density at radius 1 is 1.22 bits per heavy atom. The zero-order valence-corrected chi connectivity index (χ0v) is 18.3. The van der Waals surface area contributed by atoms with E-state index in [-0.39, 0.29) is 29.6 Å². The minimum Gasteiger partial charge on any atom is -0.464 e. The smallest absolute Gasteiger partial charge is 0.331 e. The van der Waals surface area contributed by atoms with Gasteiger partial charge in [-0.15, -0.1) is 0 Å². The number of nitrogens with zero attached hydrogens (tertiary/aromatic N) is 2. The second-order valence-electron chi connectivity index (χ2n) is 7.93. The third kappa shape index (κ3) is 5.22. The van der Waals surface area contributed by atoms with Crippen LogP contribution in [-0.4, -0.2) is 33.9 Å². The Kier molecular flexibility index (Phi) is 7.40. The molecule has 170 valence electrons. The Morgan fingerprint density at radius 2 is 1.97 bits per heavy atom. The normalized spacial score (nSPS) is 15.9. The van der Waals surface area contributed by atoms with Crippen molar-refractivity contribution < 1.29 is 19.2 Å². The summed E-state index contributed by atoms with van der Waals surface area (Å²) in [7, 11) is 0. The van der Waals surface area contributed by atoms with Gasteiger partial charge in [-0.2, -0.15) is 0 Å². The standard InChI is InChI=1S/C23H28N4O5/c1-3-32-22(29)23(12-6-4-7-13-23)26-21(28)17-10-11-19(20(15-17)27(30)31)25-16(2)18-9-5-8-14-24-18/h5,8-11,14-16,25H,3-4,6-7,12-13H2,1-2H3,(H,26,28). The van der Waals surface area contributed by atoms with Crippen LogP contribution in [-0.2, 0) is 9.53 Å². The maximum absolute atomic E-state index is 13.0. The van der Waals surface area contributed by atoms with Crippen molar-refractivity contribution in [1.29, 1.82) is 0 Å². The van der Waals surface area contributed by atoms with Crippen molar-refractivity contribution in [1.82, 2.24) is 10.3 Å². The van der Waals surface area contributed by atoms with E-state index in [2.05, 4.69) is 15.6 Å². The van der Waals surface area contributed by atoms with Gasteiger partial charge in [0.15, 0.2) is 0 Å². The first kappa shape index (κ1) is 23.2. The van der Waals surface area contributed by atoms with Gasteiger partial charge < -0.3 is 15.4 Å². The topological polar surface area (TPSA) is 123 Å². The van der Waals surface area contributed by atoms with E-state index < -0.39 is 22.3 Å². The molecule has 0 radical (unpaired) electrons. The molecule has 1 aliphatic carbocycles. The summed E-state index contributed by atoms with van der Waals surface area (Å²) in [4.78, 5) is 41.0. The average molecular weight is 441 g/mol. The lowest BCUT2D eigenvalue weighted by molar-refractivity contribution is -0.384. The number of esters is 1. The Morgan fingerprint density at radius 3 is 2.59 bits per heavy atom. The Labute approximate surface area is 186 Å². The highest BCUT2D eigenvalue weighted by molar-refractivity contribution is 5.99. The number of pyridine rings is 1. The van der Waals surface area contributed by atoms with Gasteiger partial charge in [0, 0.05) is 17.8 Å². The molecule has 1 aliphatic rings. The lowest BCUT2D eigenvalue weighted by atomic mass is 9.81. The molecule has 2 aromatic rings. The van der Waals surface area contributed by atoms with Gasteiger partial charge in [-0.3, -0.25) is 19.9 Å². The van der Waals surface area contributed by atoms with E-state index in [1.807, 2.05) is 19.1 Å². The van der Waals surface area contributed by atoms with E-state index >= 15 is 0 Å². The SMILES string of the molecule is CCOC(=O)C1(NC(=O)c2ccc(NC(C)c3ccccn3)c([N+](=O)[O-])c2)CCCCC1. The number of carbonyl (C=O) groups excluding carboxylic acids is 2. The van der Waals surface area contributed by atoms with Crippen molar-refractivity contribution in [2.45, 2.75) is 57.5 Å². The molecule has 1 aromatic carbocycles. The van der Waals surface area contributed by atoms with Crippen LogP contribution in [0.2, 0.25) is 0 Å². The summed E-state index contributed by atoms with van der Waals surface area (Å²) in [5, 5.41) is 17.6. The fourth-order valence-electron chi connectivity index (χ4n) is 3.98. The van der Waals surface area contributed by atoms with Crippen LogP contribution in [0.25, 0.3) is 0 Å². The van der Waals surface area contributed by atoms with Gasteiger partial charge in [0.2, 0.25) is 0 Å². The number of nitro benzene ring substituents is 1. The fraction of sp³-hybridized carbons (Fsp3) is 0.435. The van der Waals surface area contributed by atoms with E-state index in [9.17, 15) is 19.7 Å². The van der Waals surface area contributed by atoms with Gasteiger partial charge in [0.25, 0.3) is 11.6 Å². The van der Waals surface area contributed by atoms with Crippen LogP contribution in [0.4, 0.5) is 11.4 Å². The first-order chi connectivity index (χ1) is 15.4. The Bertz CT molecular complexity index is 974. The second kappa shape index (κ2) is 10.2. The van der Waals surface area contributed by atoms with E-state index in [0.717, 1.165) is 25.0 Å². The first-order valence-corrected chi connectivity index (χ1v) is 10.8. The quantitative estimate of drug-likeness (QED) is 0.359. The highest BCUT2D eigenvalue weighted by Crippen LogP contribution is 2.32. The van der Waals surface area contributed by atoms with Gasteiger partial charge in [-0.1, -0.05) is 25.3 Å². The van der Waals surface area contributed by atoms with Crippen molar-refractivity contribution in [3.63, 3.8) is 0 Å². The molecule has 3 rings (SSSR count). The first-order valence-electron chi connectivity index (χ1n) is 10.8. The molecule has 1 unspecified atom stereocenters. The van der Waals surface area contributed by atoms with Crippen LogP contribution in [0.15, 0.2) is 42.6 Å². The van der Waals surface area contributed by atoms with Crippen LogP contribution < -0.4 is 10.6 Å². The van der Waals surface area contributed by atoms with E-state index in [1.54, 1.807) is 19.2 Å². The molecule has 32 heavy (non-hydrogen) atoms. The summed E-state index contributed by atoms with van der Waals surface area (Å²) in [6.45, 7) is 3.78. The molecule has 1 atom stereocenters. The van der Waals surface area contributed by atoms with Crippen molar-refractivity contribution >= 4 is 23.3 Å². The number of nitrogens with one attached hydrogen (secondary N) is 2. The number of carbonyl (C=O) groups is 2. The number of benzene rings is 1. The predicted octanol–water partition coefficient (Wildman–Crippen LogP) is 4.16. The summed E-state index contributed by atoms with van der Waals surface area (Å²) < 4.78 is 5.21. The van der Waals surface area contributed by atoms with Gasteiger partial charge in [0.05, 0.1) is 23.3 Å². The van der Waals surface area contributed by atoms with Crippen LogP contribution in [0, 0.1) is 10.1 Å². The summed E-state index contributed by atoms with van der Waals surface area (Å²) in [6, 6.07) is 9.43. The van der Waals surface area contributed by atoms with Crippen LogP contribution in [0.3, 0.4) is 0 Å². The van der Waals surface area contributed by atoms with Crippen molar-refractivity contribution in [2.75, 3.05) is 11.9 Å².